The molecule has 2 heterocycles. The van der Waals surface area contributed by atoms with Gasteiger partial charge in [0.2, 0.25) is 5.79 Å². The third kappa shape index (κ3) is 3.54. The molecule has 1 aliphatic rings. The van der Waals surface area contributed by atoms with Gasteiger partial charge in [-0.3, -0.25) is 0 Å². The summed E-state index contributed by atoms with van der Waals surface area (Å²) in [7, 11) is 1.27. The number of methoxy groups -OCH3 is 1. The zero-order valence-corrected chi connectivity index (χ0v) is 17.1. The van der Waals surface area contributed by atoms with Gasteiger partial charge >= 0.3 is 0 Å². The van der Waals surface area contributed by atoms with Gasteiger partial charge in [-0.15, -0.1) is 11.3 Å². The second kappa shape index (κ2) is 8.32. The summed E-state index contributed by atoms with van der Waals surface area (Å²) in [6.07, 6.45) is -5.62. The molecule has 3 aromatic rings. The van der Waals surface area contributed by atoms with Crippen molar-refractivity contribution in [3.63, 3.8) is 0 Å². The first-order valence-corrected chi connectivity index (χ1v) is 10.4. The van der Waals surface area contributed by atoms with E-state index in [4.69, 9.17) is 9.47 Å². The minimum Gasteiger partial charge on any atom is -0.394 e. The van der Waals surface area contributed by atoms with Gasteiger partial charge in [0, 0.05) is 28.7 Å². The van der Waals surface area contributed by atoms with Crippen LogP contribution < -0.4 is 0 Å². The SMILES string of the molecule is CO[C@]1(c2ccc(F)c(Cc3cc4ccccc4s3)c2)O[C@H](CO)[C@@H](O)[C@H](O)[C@H]1O. The smallest absolute Gasteiger partial charge is 0.224 e. The molecule has 1 aliphatic heterocycles. The van der Waals surface area contributed by atoms with Crippen LogP contribution in [0.5, 0.6) is 0 Å². The summed E-state index contributed by atoms with van der Waals surface area (Å²) in [4.78, 5) is 0.965. The highest BCUT2D eigenvalue weighted by atomic mass is 32.1. The van der Waals surface area contributed by atoms with Crippen LogP contribution in [0.25, 0.3) is 10.1 Å². The Kier molecular flexibility index (Phi) is 5.91. The van der Waals surface area contributed by atoms with Gasteiger partial charge in [0.1, 0.15) is 30.2 Å². The molecular formula is C22H23FO6S. The first-order chi connectivity index (χ1) is 14.4. The second-order valence-corrected chi connectivity index (χ2v) is 8.54. The van der Waals surface area contributed by atoms with E-state index in [1.165, 1.54) is 25.3 Å². The van der Waals surface area contributed by atoms with Crippen molar-refractivity contribution in [1.29, 1.82) is 0 Å². The highest BCUT2D eigenvalue weighted by Crippen LogP contribution is 2.40. The average molecular weight is 434 g/mol. The van der Waals surface area contributed by atoms with Gasteiger partial charge < -0.3 is 29.9 Å². The molecule has 0 bridgehead atoms. The fraction of sp³-hybridized carbons (Fsp3) is 0.364. The molecule has 0 unspecified atom stereocenters. The van der Waals surface area contributed by atoms with E-state index in [1.54, 1.807) is 11.3 Å². The van der Waals surface area contributed by atoms with Crippen LogP contribution in [0.15, 0.2) is 48.5 Å². The van der Waals surface area contributed by atoms with Crippen LogP contribution in [0.4, 0.5) is 4.39 Å². The van der Waals surface area contributed by atoms with Gasteiger partial charge in [0.25, 0.3) is 0 Å². The molecule has 5 atom stereocenters. The predicted molar refractivity (Wildman–Crippen MR) is 110 cm³/mol. The Morgan fingerprint density at radius 1 is 1.10 bits per heavy atom. The second-order valence-electron chi connectivity index (χ2n) is 7.37. The van der Waals surface area contributed by atoms with E-state index in [1.807, 2.05) is 30.3 Å². The van der Waals surface area contributed by atoms with Crippen LogP contribution >= 0.6 is 11.3 Å². The van der Waals surface area contributed by atoms with Gasteiger partial charge in [-0.25, -0.2) is 4.39 Å². The third-order valence-electron chi connectivity index (χ3n) is 5.54. The molecule has 4 N–H and O–H groups in total. The van der Waals surface area contributed by atoms with E-state index in [2.05, 4.69) is 0 Å². The Balaban J connectivity index is 1.72. The van der Waals surface area contributed by atoms with E-state index in [0.717, 1.165) is 15.0 Å². The molecule has 8 heteroatoms. The minimum absolute atomic E-state index is 0.277. The molecule has 0 saturated carbocycles. The number of aliphatic hydroxyl groups is 4. The molecule has 1 saturated heterocycles. The number of halogens is 1. The summed E-state index contributed by atoms with van der Waals surface area (Å²) in [5.41, 5.74) is 0.645. The molecule has 1 fully saturated rings. The van der Waals surface area contributed by atoms with Gasteiger partial charge in [0.15, 0.2) is 0 Å². The molecule has 6 nitrogen and oxygen atoms in total. The first-order valence-electron chi connectivity index (χ1n) is 9.54. The molecule has 160 valence electrons. The van der Waals surface area contributed by atoms with Crippen LogP contribution in [0, 0.1) is 5.82 Å². The van der Waals surface area contributed by atoms with Crippen LogP contribution in [0.3, 0.4) is 0 Å². The van der Waals surface area contributed by atoms with Crippen LogP contribution in [-0.2, 0) is 21.7 Å². The number of hydrogen-bond acceptors (Lipinski definition) is 7. The summed E-state index contributed by atoms with van der Waals surface area (Å²) >= 11 is 1.57. The Hall–Kier alpha value is -1.91. The molecule has 0 radical (unpaired) electrons. The Bertz CT molecular complexity index is 1000. The fourth-order valence-corrected chi connectivity index (χ4v) is 4.99. The maximum absolute atomic E-state index is 14.6. The van der Waals surface area contributed by atoms with E-state index in [-0.39, 0.29) is 5.56 Å². The lowest BCUT2D eigenvalue weighted by Crippen LogP contribution is -2.64. The number of benzene rings is 2. The van der Waals surface area contributed by atoms with Crippen LogP contribution in [0.1, 0.15) is 16.0 Å². The van der Waals surface area contributed by atoms with Gasteiger partial charge in [-0.05, 0) is 35.2 Å². The van der Waals surface area contributed by atoms with Crippen LogP contribution in [-0.4, -0.2) is 58.6 Å². The highest BCUT2D eigenvalue weighted by Gasteiger charge is 2.55. The fourth-order valence-electron chi connectivity index (χ4n) is 3.91. The maximum atomic E-state index is 14.6. The van der Waals surface area contributed by atoms with Crippen molar-refractivity contribution in [3.8, 4) is 0 Å². The lowest BCUT2D eigenvalue weighted by molar-refractivity contribution is -0.366. The molecule has 30 heavy (non-hydrogen) atoms. The quantitative estimate of drug-likeness (QED) is 0.490. The molecule has 4 rings (SSSR count). The Labute approximate surface area is 176 Å². The number of aliphatic hydroxyl groups excluding tert-OH is 4. The number of ether oxygens (including phenoxy) is 2. The average Bonchev–Trinajstić information content (AvgIpc) is 3.17. The number of hydrogen-bond donors (Lipinski definition) is 4. The van der Waals surface area contributed by atoms with Gasteiger partial charge in [0.05, 0.1) is 6.61 Å². The summed E-state index contributed by atoms with van der Waals surface area (Å²) in [6, 6.07) is 14.1. The number of fused-ring (bicyclic) bond motifs is 1. The first kappa shape index (κ1) is 21.3. The van der Waals surface area contributed by atoms with Crippen molar-refractivity contribution < 1.29 is 34.3 Å². The topological polar surface area (TPSA) is 99.4 Å². The number of rotatable bonds is 5. The maximum Gasteiger partial charge on any atom is 0.224 e. The lowest BCUT2D eigenvalue weighted by Gasteiger charge is -2.47. The standard InChI is InChI=1S/C22H23FO6S/c1-28-22(21(27)20(26)19(25)17(11-24)29-22)14-6-7-16(23)13(8-14)10-15-9-12-4-2-3-5-18(12)30-15/h2-9,17,19-21,24-27H,10-11H2,1H3/t17-,19-,20+,21-,22-/m1/s1. The lowest BCUT2D eigenvalue weighted by atomic mass is 9.87. The van der Waals surface area contributed by atoms with Crippen molar-refractivity contribution in [1.82, 2.24) is 0 Å². The van der Waals surface area contributed by atoms with Crippen molar-refractivity contribution in [2.75, 3.05) is 13.7 Å². The molecule has 1 aromatic heterocycles. The molecule has 0 amide bonds. The van der Waals surface area contributed by atoms with Crippen molar-refractivity contribution >= 4 is 21.4 Å². The van der Waals surface area contributed by atoms with E-state index >= 15 is 0 Å². The largest absolute Gasteiger partial charge is 0.394 e. The summed E-state index contributed by atoms with van der Waals surface area (Å²) in [5, 5.41) is 41.5. The number of thiophene rings is 1. The van der Waals surface area contributed by atoms with E-state index < -0.39 is 42.6 Å². The minimum atomic E-state index is -1.87. The zero-order chi connectivity index (χ0) is 21.5. The normalized spacial score (nSPS) is 29.4. The van der Waals surface area contributed by atoms with Crippen LogP contribution in [0.2, 0.25) is 0 Å². The van der Waals surface area contributed by atoms with Crippen molar-refractivity contribution in [3.05, 3.63) is 70.4 Å². The van der Waals surface area contributed by atoms with Gasteiger partial charge in [-0.1, -0.05) is 24.3 Å². The summed E-state index contributed by atoms with van der Waals surface area (Å²) in [5.74, 6) is -2.29. The van der Waals surface area contributed by atoms with Gasteiger partial charge in [-0.2, -0.15) is 0 Å². The van der Waals surface area contributed by atoms with Crippen molar-refractivity contribution in [2.24, 2.45) is 0 Å². The van der Waals surface area contributed by atoms with E-state index in [9.17, 15) is 24.8 Å². The molecular weight excluding hydrogens is 411 g/mol. The summed E-state index contributed by atoms with van der Waals surface area (Å²) < 4.78 is 26.9. The Morgan fingerprint density at radius 2 is 1.87 bits per heavy atom. The van der Waals surface area contributed by atoms with E-state index in [0.29, 0.717) is 12.0 Å². The zero-order valence-electron chi connectivity index (χ0n) is 16.2. The molecule has 0 spiro atoms. The molecule has 2 aromatic carbocycles. The Morgan fingerprint density at radius 3 is 2.57 bits per heavy atom. The molecule has 0 aliphatic carbocycles. The predicted octanol–water partition coefficient (Wildman–Crippen LogP) is 1.90. The summed E-state index contributed by atoms with van der Waals surface area (Å²) in [6.45, 7) is -0.591. The highest BCUT2D eigenvalue weighted by molar-refractivity contribution is 7.19. The van der Waals surface area contributed by atoms with Crippen molar-refractivity contribution in [2.45, 2.75) is 36.6 Å². The monoisotopic (exact) mass is 434 g/mol. The third-order valence-corrected chi connectivity index (χ3v) is 6.66.